The molecule has 0 saturated carbocycles. The van der Waals surface area contributed by atoms with Crippen molar-refractivity contribution < 1.29 is 13.3 Å². The quantitative estimate of drug-likeness (QED) is 0.121. The molecule has 0 radical (unpaired) electrons. The molecule has 12 heteroatoms. The number of benzene rings is 19. The van der Waals surface area contributed by atoms with E-state index in [4.69, 9.17) is 58.1 Å². The number of fused-ring (bicyclic) bond motifs is 25. The van der Waals surface area contributed by atoms with Crippen LogP contribution in [0.15, 0.2) is 468 Å². The van der Waals surface area contributed by atoms with Crippen LogP contribution in [0.5, 0.6) is 0 Å². The van der Waals surface area contributed by atoms with Crippen LogP contribution >= 0.6 is 0 Å². The number of para-hydroxylation sites is 3. The van der Waals surface area contributed by atoms with Crippen molar-refractivity contribution in [1.29, 1.82) is 0 Å². The van der Waals surface area contributed by atoms with E-state index in [0.717, 1.165) is 116 Å². The van der Waals surface area contributed by atoms with E-state index in [-0.39, 0.29) is 5.41 Å². The Hall–Kier alpha value is -18.4. The average molecular weight is 1790 g/mol. The van der Waals surface area contributed by atoms with Crippen LogP contribution in [0.1, 0.15) is 69.5 Å². The van der Waals surface area contributed by atoms with E-state index in [0.29, 0.717) is 52.4 Å². The number of hydrogen-bond acceptors (Lipinski definition) is 12. The zero-order valence-electron chi connectivity index (χ0n) is 76.1. The highest BCUT2D eigenvalue weighted by molar-refractivity contribution is 6.09. The summed E-state index contributed by atoms with van der Waals surface area (Å²) in [6.07, 6.45) is 0. The summed E-state index contributed by atoms with van der Waals surface area (Å²) in [4.78, 5) is 45.6. The average Bonchev–Trinajstić information content (AvgIpc) is 1.50. The Morgan fingerprint density at radius 3 is 0.693 bits per heavy atom. The van der Waals surface area contributed by atoms with Gasteiger partial charge in [0.05, 0.1) is 10.8 Å². The molecule has 0 fully saturated rings. The molecule has 1 spiro atoms. The fraction of sp³-hybridized carbons (Fsp3) is 0.0391. The second-order valence-corrected chi connectivity index (χ2v) is 36.8. The van der Waals surface area contributed by atoms with Gasteiger partial charge in [0, 0.05) is 87.8 Å². The summed E-state index contributed by atoms with van der Waals surface area (Å²) < 4.78 is 18.7. The SMILES string of the molecule is CC1(C)c2ccccc2-c2ccc(-c3nc(-c4ccccc4)nc(-c4ccc5c(c4)oc4ccccc45)n3)cc21.c1ccc(-c2nc(-c3ccc4c(c3)C(c3ccccc3)(c3ccccc3)c3ccccc3-4)nc(-c3ccc4c(c3)oc3ccccc34)n2)cc1.c1ccc(-c2nc(-c3ccc4c(c3)C3(c5ccccc5-c5ccccc53)c3ccccc3-4)nc(-c3ccc4c(c3)oc3ccccc34)n2)cc1. The Kier molecular flexibility index (Phi) is 18.8. The maximum Gasteiger partial charge on any atom is 0.164 e. The molecule has 656 valence electrons. The van der Waals surface area contributed by atoms with Gasteiger partial charge < -0.3 is 13.3 Å². The van der Waals surface area contributed by atoms with Gasteiger partial charge in [-0.1, -0.05) is 396 Å². The van der Waals surface area contributed by atoms with Gasteiger partial charge in [-0.15, -0.1) is 0 Å². The minimum absolute atomic E-state index is 0.105. The zero-order valence-corrected chi connectivity index (χ0v) is 76.1. The van der Waals surface area contributed by atoms with E-state index < -0.39 is 10.8 Å². The number of hydrogen-bond donors (Lipinski definition) is 0. The smallest absolute Gasteiger partial charge is 0.164 e. The molecule has 4 aliphatic rings. The third-order valence-electron chi connectivity index (χ3n) is 28.7. The van der Waals surface area contributed by atoms with Crippen LogP contribution in [-0.4, -0.2) is 44.9 Å². The topological polar surface area (TPSA) is 155 Å². The largest absolute Gasteiger partial charge is 0.456 e. The van der Waals surface area contributed by atoms with Gasteiger partial charge in [0.1, 0.15) is 33.5 Å². The van der Waals surface area contributed by atoms with Crippen LogP contribution in [0.4, 0.5) is 0 Å². The second kappa shape index (κ2) is 32.4. The third-order valence-corrected chi connectivity index (χ3v) is 28.7. The molecule has 25 aromatic rings. The predicted molar refractivity (Wildman–Crippen MR) is 561 cm³/mol. The van der Waals surface area contributed by atoms with Gasteiger partial charge >= 0.3 is 0 Å². The zero-order chi connectivity index (χ0) is 92.7. The van der Waals surface area contributed by atoms with Gasteiger partial charge in [0.25, 0.3) is 0 Å². The van der Waals surface area contributed by atoms with Gasteiger partial charge in [-0.25, -0.2) is 44.9 Å². The molecule has 140 heavy (non-hydrogen) atoms. The lowest BCUT2D eigenvalue weighted by atomic mass is 9.67. The molecular formula is C128H81N9O3. The first-order valence-corrected chi connectivity index (χ1v) is 47.4. The Morgan fingerprint density at radius 2 is 0.364 bits per heavy atom. The summed E-state index contributed by atoms with van der Waals surface area (Å²) in [5.74, 6) is 5.62. The molecule has 6 aromatic heterocycles. The molecule has 0 aliphatic heterocycles. The number of nitrogens with zero attached hydrogens (tertiary/aromatic N) is 9. The first kappa shape index (κ1) is 81.2. The Labute approximate surface area is 806 Å². The monoisotopic (exact) mass is 1790 g/mol. The minimum atomic E-state index is -0.519. The van der Waals surface area contributed by atoms with Crippen LogP contribution in [0.3, 0.4) is 0 Å². The van der Waals surface area contributed by atoms with Crippen molar-refractivity contribution in [2.45, 2.75) is 30.1 Å². The lowest BCUT2D eigenvalue weighted by molar-refractivity contribution is 0.660. The fourth-order valence-corrected chi connectivity index (χ4v) is 22.3. The molecule has 0 atom stereocenters. The first-order valence-electron chi connectivity index (χ1n) is 47.4. The molecule has 0 unspecified atom stereocenters. The Balaban J connectivity index is 0.000000106. The molecule has 6 heterocycles. The molecule has 0 saturated heterocycles. The highest BCUT2D eigenvalue weighted by Gasteiger charge is 2.52. The normalized spacial score (nSPS) is 13.2. The number of rotatable bonds is 11. The summed E-state index contributed by atoms with van der Waals surface area (Å²) in [6.45, 7) is 4.58. The van der Waals surface area contributed by atoms with Crippen LogP contribution < -0.4 is 0 Å². The van der Waals surface area contributed by atoms with E-state index in [1.165, 1.54) is 100 Å². The fourth-order valence-electron chi connectivity index (χ4n) is 22.3. The van der Waals surface area contributed by atoms with Gasteiger partial charge in [-0.2, -0.15) is 0 Å². The molecule has 29 rings (SSSR count). The number of aromatic nitrogens is 9. The van der Waals surface area contributed by atoms with E-state index in [9.17, 15) is 0 Å². The lowest BCUT2D eigenvalue weighted by Gasteiger charge is -2.34. The number of furan rings is 3. The van der Waals surface area contributed by atoms with Crippen molar-refractivity contribution >= 4 is 65.8 Å². The van der Waals surface area contributed by atoms with E-state index >= 15 is 0 Å². The van der Waals surface area contributed by atoms with Crippen molar-refractivity contribution in [3.8, 4) is 147 Å². The molecule has 12 nitrogen and oxygen atoms in total. The summed E-state index contributed by atoms with van der Waals surface area (Å²) in [7, 11) is 0. The Morgan fingerprint density at radius 1 is 0.150 bits per heavy atom. The first-order chi connectivity index (χ1) is 69.1. The standard InChI is InChI=1S/C46H27N3O.C46H29N3O.C36H25N3O/c1-2-12-28(13-3-1)43-47-44(49-45(48-43)30-23-25-36-35-17-7-11-21-41(35)50-42(36)27-30)29-22-24-34-33-16-6-10-20-39(33)46(40(34)26-29)37-18-8-4-14-31(37)32-15-5-9-19-38(32)46;1-4-14-30(15-5-1)43-47-44(49-45(48-43)32-25-27-38-37-21-11-13-23-41(37)50-42(38)29-32)31-24-26-36-35-20-10-12-22-39(35)46(40(36)28-31,33-16-6-2-7-17-33)34-18-8-3-9-19-34;1-36(2)29-14-8-6-12-25(29)26-18-16-23(20-30(26)36)34-37-33(22-10-4-3-5-11-22)38-35(39-34)24-17-19-28-27-13-7-9-15-31(27)40-32(28)21-24/h1-27H;1-29H;3-21H,1-2H3. The van der Waals surface area contributed by atoms with Crippen molar-refractivity contribution in [1.82, 2.24) is 44.9 Å². The summed E-state index contributed by atoms with van der Waals surface area (Å²) in [5, 5.41) is 6.51. The van der Waals surface area contributed by atoms with Crippen LogP contribution in [-0.2, 0) is 16.2 Å². The molecule has 0 N–H and O–H groups in total. The van der Waals surface area contributed by atoms with Gasteiger partial charge in [0.15, 0.2) is 52.4 Å². The van der Waals surface area contributed by atoms with E-state index in [2.05, 4.69) is 305 Å². The van der Waals surface area contributed by atoms with Gasteiger partial charge in [0.2, 0.25) is 0 Å². The van der Waals surface area contributed by atoms with Crippen molar-refractivity contribution in [2.24, 2.45) is 0 Å². The third kappa shape index (κ3) is 13.0. The molecule has 19 aromatic carbocycles. The van der Waals surface area contributed by atoms with Crippen LogP contribution in [0.2, 0.25) is 0 Å². The van der Waals surface area contributed by atoms with Gasteiger partial charge in [-0.05, 0) is 173 Å². The second-order valence-electron chi connectivity index (χ2n) is 36.8. The van der Waals surface area contributed by atoms with Crippen molar-refractivity contribution in [2.75, 3.05) is 0 Å². The molecule has 0 bridgehead atoms. The van der Waals surface area contributed by atoms with Gasteiger partial charge in [-0.3, -0.25) is 0 Å². The highest BCUT2D eigenvalue weighted by atomic mass is 16.3. The van der Waals surface area contributed by atoms with Crippen LogP contribution in [0.25, 0.3) is 213 Å². The van der Waals surface area contributed by atoms with E-state index in [1.54, 1.807) is 0 Å². The highest BCUT2D eigenvalue weighted by Crippen LogP contribution is 2.64. The maximum atomic E-state index is 6.27. The predicted octanol–water partition coefficient (Wildman–Crippen LogP) is 31.3. The molecule has 0 amide bonds. The van der Waals surface area contributed by atoms with Crippen molar-refractivity contribution in [3.05, 3.63) is 511 Å². The summed E-state index contributed by atoms with van der Waals surface area (Å²) >= 11 is 0. The summed E-state index contributed by atoms with van der Waals surface area (Å²) in [6, 6.07) is 159. The van der Waals surface area contributed by atoms with Crippen molar-refractivity contribution in [3.63, 3.8) is 0 Å². The minimum Gasteiger partial charge on any atom is -0.456 e. The summed E-state index contributed by atoms with van der Waals surface area (Å²) in [5.41, 5.74) is 35.1. The Bertz CT molecular complexity index is 8910. The van der Waals surface area contributed by atoms with E-state index in [1.807, 2.05) is 164 Å². The lowest BCUT2D eigenvalue weighted by Crippen LogP contribution is -2.28. The maximum absolute atomic E-state index is 6.27. The molecule has 4 aliphatic carbocycles. The van der Waals surface area contributed by atoms with Crippen LogP contribution in [0, 0.1) is 0 Å². The molecular weight excluding hydrogens is 1710 g/mol.